The van der Waals surface area contributed by atoms with Crippen LogP contribution in [0.3, 0.4) is 0 Å². The lowest BCUT2D eigenvalue weighted by Gasteiger charge is -2.29. The fourth-order valence-electron chi connectivity index (χ4n) is 2.65. The molecule has 0 radical (unpaired) electrons. The zero-order chi connectivity index (χ0) is 14.3. The SMILES string of the molecule is CC(C1CC1)N(C(=O)c1cccc(C(=O)O)n1)C1CC1. The molecule has 1 aromatic rings. The van der Waals surface area contributed by atoms with E-state index in [1.165, 1.54) is 18.9 Å². The average Bonchev–Trinajstić information content (AvgIpc) is 3.29. The molecule has 1 heterocycles. The number of carboxylic acid groups (broad SMARTS) is 1. The van der Waals surface area contributed by atoms with Crippen molar-refractivity contribution in [2.75, 3.05) is 0 Å². The number of hydrogen-bond donors (Lipinski definition) is 1. The zero-order valence-electron chi connectivity index (χ0n) is 11.5. The van der Waals surface area contributed by atoms with Gasteiger partial charge in [0.2, 0.25) is 0 Å². The Hall–Kier alpha value is -1.91. The zero-order valence-corrected chi connectivity index (χ0v) is 11.5. The van der Waals surface area contributed by atoms with Gasteiger partial charge in [-0.25, -0.2) is 9.78 Å². The van der Waals surface area contributed by atoms with E-state index in [1.54, 1.807) is 12.1 Å². The first-order chi connectivity index (χ1) is 9.58. The second-order valence-corrected chi connectivity index (χ2v) is 5.73. The van der Waals surface area contributed by atoms with E-state index in [-0.39, 0.29) is 23.3 Å². The Morgan fingerprint density at radius 3 is 2.45 bits per heavy atom. The topological polar surface area (TPSA) is 70.5 Å². The van der Waals surface area contributed by atoms with E-state index >= 15 is 0 Å². The molecular formula is C15H18N2O3. The molecule has 2 aliphatic carbocycles. The summed E-state index contributed by atoms with van der Waals surface area (Å²) >= 11 is 0. The molecule has 2 saturated carbocycles. The van der Waals surface area contributed by atoms with Gasteiger partial charge in [-0.3, -0.25) is 4.79 Å². The molecule has 1 N–H and O–H groups in total. The highest BCUT2D eigenvalue weighted by Gasteiger charge is 2.42. The molecule has 2 aliphatic rings. The third kappa shape index (κ3) is 2.53. The average molecular weight is 274 g/mol. The quantitative estimate of drug-likeness (QED) is 0.893. The molecule has 0 aromatic carbocycles. The largest absolute Gasteiger partial charge is 0.477 e. The third-order valence-electron chi connectivity index (χ3n) is 4.11. The van der Waals surface area contributed by atoms with Crippen molar-refractivity contribution in [3.8, 4) is 0 Å². The monoisotopic (exact) mass is 274 g/mol. The van der Waals surface area contributed by atoms with E-state index in [0.717, 1.165) is 12.8 Å². The van der Waals surface area contributed by atoms with Crippen molar-refractivity contribution >= 4 is 11.9 Å². The van der Waals surface area contributed by atoms with Crippen LogP contribution in [0, 0.1) is 5.92 Å². The molecule has 0 spiro atoms. The summed E-state index contributed by atoms with van der Waals surface area (Å²) in [5, 5.41) is 8.97. The molecule has 0 aliphatic heterocycles. The number of aromatic carboxylic acids is 1. The predicted octanol–water partition coefficient (Wildman–Crippen LogP) is 2.18. The lowest BCUT2D eigenvalue weighted by molar-refractivity contribution is 0.0647. The number of aromatic nitrogens is 1. The number of hydrogen-bond acceptors (Lipinski definition) is 3. The van der Waals surface area contributed by atoms with Crippen LogP contribution < -0.4 is 0 Å². The van der Waals surface area contributed by atoms with E-state index in [9.17, 15) is 9.59 Å². The fourth-order valence-corrected chi connectivity index (χ4v) is 2.65. The van der Waals surface area contributed by atoms with Crippen molar-refractivity contribution in [1.29, 1.82) is 0 Å². The van der Waals surface area contributed by atoms with Crippen LogP contribution in [0.15, 0.2) is 18.2 Å². The first-order valence-electron chi connectivity index (χ1n) is 7.11. The number of carbonyl (C=O) groups is 2. The molecule has 1 aromatic heterocycles. The van der Waals surface area contributed by atoms with Crippen molar-refractivity contribution in [2.24, 2.45) is 5.92 Å². The van der Waals surface area contributed by atoms with E-state index < -0.39 is 5.97 Å². The predicted molar refractivity (Wildman–Crippen MR) is 72.6 cm³/mol. The maximum absolute atomic E-state index is 12.6. The van der Waals surface area contributed by atoms with E-state index in [1.807, 2.05) is 4.90 Å². The highest BCUT2D eigenvalue weighted by molar-refractivity contribution is 5.94. The van der Waals surface area contributed by atoms with Crippen molar-refractivity contribution in [1.82, 2.24) is 9.88 Å². The number of carboxylic acids is 1. The first-order valence-corrected chi connectivity index (χ1v) is 7.11. The highest BCUT2D eigenvalue weighted by Crippen LogP contribution is 2.40. The van der Waals surface area contributed by atoms with Gasteiger partial charge in [0, 0.05) is 12.1 Å². The summed E-state index contributed by atoms with van der Waals surface area (Å²) in [6.07, 6.45) is 4.45. The smallest absolute Gasteiger partial charge is 0.354 e. The van der Waals surface area contributed by atoms with Gasteiger partial charge in [-0.2, -0.15) is 0 Å². The maximum Gasteiger partial charge on any atom is 0.354 e. The van der Waals surface area contributed by atoms with Gasteiger partial charge >= 0.3 is 5.97 Å². The summed E-state index contributed by atoms with van der Waals surface area (Å²) in [6.45, 7) is 2.09. The van der Waals surface area contributed by atoms with Gasteiger partial charge < -0.3 is 10.0 Å². The normalized spacial score (nSPS) is 19.4. The second-order valence-electron chi connectivity index (χ2n) is 5.73. The van der Waals surface area contributed by atoms with Gasteiger partial charge in [0.05, 0.1) is 0 Å². The molecule has 1 amide bonds. The molecule has 5 heteroatoms. The van der Waals surface area contributed by atoms with Gasteiger partial charge in [-0.05, 0) is 50.7 Å². The molecule has 5 nitrogen and oxygen atoms in total. The first kappa shape index (κ1) is 13.1. The Morgan fingerprint density at radius 1 is 1.25 bits per heavy atom. The van der Waals surface area contributed by atoms with Crippen LogP contribution in [0.4, 0.5) is 0 Å². The van der Waals surface area contributed by atoms with E-state index in [2.05, 4.69) is 11.9 Å². The molecule has 106 valence electrons. The van der Waals surface area contributed by atoms with Crippen LogP contribution in [-0.2, 0) is 0 Å². The molecule has 0 saturated heterocycles. The minimum Gasteiger partial charge on any atom is -0.477 e. The third-order valence-corrected chi connectivity index (χ3v) is 4.11. The van der Waals surface area contributed by atoms with Gasteiger partial charge in [-0.1, -0.05) is 6.07 Å². The fraction of sp³-hybridized carbons (Fsp3) is 0.533. The van der Waals surface area contributed by atoms with Gasteiger partial charge in [0.15, 0.2) is 0 Å². The van der Waals surface area contributed by atoms with Crippen LogP contribution in [0.1, 0.15) is 53.6 Å². The van der Waals surface area contributed by atoms with Crippen molar-refractivity contribution in [3.63, 3.8) is 0 Å². The van der Waals surface area contributed by atoms with Crippen LogP contribution >= 0.6 is 0 Å². The summed E-state index contributed by atoms with van der Waals surface area (Å²) in [6, 6.07) is 5.13. The number of nitrogens with zero attached hydrogens (tertiary/aromatic N) is 2. The second kappa shape index (κ2) is 4.89. The van der Waals surface area contributed by atoms with Gasteiger partial charge in [0.1, 0.15) is 11.4 Å². The van der Waals surface area contributed by atoms with Crippen molar-refractivity contribution < 1.29 is 14.7 Å². The molecule has 3 rings (SSSR count). The van der Waals surface area contributed by atoms with Crippen LogP contribution in [-0.4, -0.2) is 39.0 Å². The van der Waals surface area contributed by atoms with Crippen LogP contribution in [0.2, 0.25) is 0 Å². The van der Waals surface area contributed by atoms with E-state index in [0.29, 0.717) is 12.0 Å². The number of amides is 1. The van der Waals surface area contributed by atoms with Crippen LogP contribution in [0.25, 0.3) is 0 Å². The van der Waals surface area contributed by atoms with E-state index in [4.69, 9.17) is 5.11 Å². The Balaban J connectivity index is 1.85. The standard InChI is InChI=1S/C15H18N2O3/c1-9(10-5-6-10)17(11-7-8-11)14(18)12-3-2-4-13(16-12)15(19)20/h2-4,9-11H,5-8H2,1H3,(H,19,20). The summed E-state index contributed by atoms with van der Waals surface area (Å²) in [4.78, 5) is 29.5. The van der Waals surface area contributed by atoms with Gasteiger partial charge in [-0.15, -0.1) is 0 Å². The van der Waals surface area contributed by atoms with Gasteiger partial charge in [0.25, 0.3) is 5.91 Å². The van der Waals surface area contributed by atoms with Crippen LogP contribution in [0.5, 0.6) is 0 Å². The molecule has 2 fully saturated rings. The number of rotatable bonds is 5. The molecular weight excluding hydrogens is 256 g/mol. The maximum atomic E-state index is 12.6. The van der Waals surface area contributed by atoms with Crippen molar-refractivity contribution in [2.45, 2.75) is 44.7 Å². The Bertz CT molecular complexity index is 550. The lowest BCUT2D eigenvalue weighted by atomic mass is 10.1. The highest BCUT2D eigenvalue weighted by atomic mass is 16.4. The van der Waals surface area contributed by atoms with Crippen molar-refractivity contribution in [3.05, 3.63) is 29.6 Å². The Kier molecular flexibility index (Phi) is 3.20. The number of pyridine rings is 1. The Labute approximate surface area is 117 Å². The lowest BCUT2D eigenvalue weighted by Crippen LogP contribution is -2.42. The molecule has 1 unspecified atom stereocenters. The Morgan fingerprint density at radius 2 is 1.90 bits per heavy atom. The summed E-state index contributed by atoms with van der Waals surface area (Å²) < 4.78 is 0. The molecule has 0 bridgehead atoms. The summed E-state index contributed by atoms with van der Waals surface area (Å²) in [5.41, 5.74) is 0.162. The number of carbonyl (C=O) groups excluding carboxylic acids is 1. The summed E-state index contributed by atoms with van der Waals surface area (Å²) in [5.74, 6) is -0.634. The molecule has 20 heavy (non-hydrogen) atoms. The minimum atomic E-state index is -1.10. The summed E-state index contributed by atoms with van der Waals surface area (Å²) in [7, 11) is 0. The molecule has 1 atom stereocenters. The minimum absolute atomic E-state index is 0.0781.